The molecule has 3 rings (SSSR count). The number of aliphatic hydroxyl groups excluding tert-OH is 1. The van der Waals surface area contributed by atoms with Gasteiger partial charge in [0.2, 0.25) is 0 Å². The van der Waals surface area contributed by atoms with Crippen LogP contribution in [0.15, 0.2) is 12.5 Å². The Morgan fingerprint density at radius 1 is 1.47 bits per heavy atom. The summed E-state index contributed by atoms with van der Waals surface area (Å²) in [6.45, 7) is 3.13. The third kappa shape index (κ3) is 2.11. The zero-order chi connectivity index (χ0) is 11.7. The largest absolute Gasteiger partial charge is 0.393 e. The van der Waals surface area contributed by atoms with E-state index in [9.17, 15) is 5.11 Å². The van der Waals surface area contributed by atoms with Crippen molar-refractivity contribution in [2.24, 2.45) is 5.41 Å². The Hall–Kier alpha value is -0.870. The Kier molecular flexibility index (Phi) is 2.92. The zero-order valence-corrected chi connectivity index (χ0v) is 10.2. The lowest BCUT2D eigenvalue weighted by Crippen LogP contribution is -2.46. The number of imidazole rings is 1. The van der Waals surface area contributed by atoms with Crippen molar-refractivity contribution in [3.8, 4) is 0 Å². The quantitative estimate of drug-likeness (QED) is 0.817. The number of hydrogen-bond donors (Lipinski definition) is 2. The fourth-order valence-corrected chi connectivity index (χ4v) is 3.60. The first-order chi connectivity index (χ1) is 8.28. The maximum Gasteiger partial charge on any atom is 0.0922 e. The summed E-state index contributed by atoms with van der Waals surface area (Å²) in [5, 5.41) is 10.2. The maximum absolute atomic E-state index is 10.2. The molecule has 2 aliphatic rings. The van der Waals surface area contributed by atoms with E-state index in [4.69, 9.17) is 0 Å². The highest BCUT2D eigenvalue weighted by Gasteiger charge is 2.44. The molecular weight excluding hydrogens is 214 g/mol. The molecule has 2 heterocycles. The summed E-state index contributed by atoms with van der Waals surface area (Å²) in [4.78, 5) is 9.68. The number of likely N-dealkylation sites (tertiary alicyclic amines) is 1. The molecule has 2 N–H and O–H groups in total. The van der Waals surface area contributed by atoms with Crippen LogP contribution in [-0.4, -0.2) is 39.2 Å². The van der Waals surface area contributed by atoms with Gasteiger partial charge in [-0.05, 0) is 32.2 Å². The molecule has 2 atom stereocenters. The normalized spacial score (nSPS) is 34.5. The van der Waals surface area contributed by atoms with Gasteiger partial charge in [0.1, 0.15) is 0 Å². The molecule has 17 heavy (non-hydrogen) atoms. The predicted molar refractivity (Wildman–Crippen MR) is 65.4 cm³/mol. The van der Waals surface area contributed by atoms with Crippen molar-refractivity contribution < 1.29 is 5.11 Å². The van der Waals surface area contributed by atoms with E-state index >= 15 is 0 Å². The van der Waals surface area contributed by atoms with Crippen molar-refractivity contribution >= 4 is 0 Å². The second kappa shape index (κ2) is 4.42. The molecule has 0 radical (unpaired) electrons. The smallest absolute Gasteiger partial charge is 0.0922 e. The van der Waals surface area contributed by atoms with Gasteiger partial charge in [-0.25, -0.2) is 4.98 Å². The van der Waals surface area contributed by atoms with Crippen LogP contribution in [0.5, 0.6) is 0 Å². The fraction of sp³-hybridized carbons (Fsp3) is 0.769. The second-order valence-corrected chi connectivity index (χ2v) is 5.66. The lowest BCUT2D eigenvalue weighted by Gasteiger charge is -2.42. The van der Waals surface area contributed by atoms with Crippen LogP contribution in [-0.2, 0) is 6.54 Å². The molecule has 1 aromatic heterocycles. The van der Waals surface area contributed by atoms with Gasteiger partial charge in [-0.3, -0.25) is 4.90 Å². The molecule has 1 spiro atoms. The number of rotatable bonds is 2. The van der Waals surface area contributed by atoms with E-state index in [1.807, 2.05) is 6.20 Å². The van der Waals surface area contributed by atoms with Crippen LogP contribution in [0.1, 0.15) is 37.8 Å². The van der Waals surface area contributed by atoms with Crippen LogP contribution >= 0.6 is 0 Å². The Morgan fingerprint density at radius 2 is 2.35 bits per heavy atom. The van der Waals surface area contributed by atoms with Gasteiger partial charge in [0.05, 0.1) is 12.4 Å². The lowest BCUT2D eigenvalue weighted by atomic mass is 9.76. The van der Waals surface area contributed by atoms with E-state index in [1.165, 1.54) is 31.4 Å². The average Bonchev–Trinajstić information content (AvgIpc) is 2.92. The van der Waals surface area contributed by atoms with E-state index in [0.29, 0.717) is 0 Å². The van der Waals surface area contributed by atoms with Crippen molar-refractivity contribution in [1.29, 1.82) is 0 Å². The lowest BCUT2D eigenvalue weighted by molar-refractivity contribution is -0.0123. The standard InChI is InChI=1S/C13H21N3O/c17-12-3-1-4-13(12)5-2-6-16(9-13)8-11-7-14-10-15-11/h7,10,12,17H,1-6,8-9H2,(H,14,15)/t12-,13+/m1/s1. The number of aromatic nitrogens is 2. The maximum atomic E-state index is 10.2. The number of hydrogen-bond acceptors (Lipinski definition) is 3. The number of nitrogens with one attached hydrogen (secondary N) is 1. The number of nitrogens with zero attached hydrogens (tertiary/aromatic N) is 2. The van der Waals surface area contributed by atoms with Gasteiger partial charge in [0.25, 0.3) is 0 Å². The molecule has 1 saturated heterocycles. The molecule has 0 amide bonds. The number of H-pyrrole nitrogens is 1. The second-order valence-electron chi connectivity index (χ2n) is 5.66. The Labute approximate surface area is 102 Å². The molecule has 94 valence electrons. The van der Waals surface area contributed by atoms with Crippen molar-refractivity contribution in [2.75, 3.05) is 13.1 Å². The summed E-state index contributed by atoms with van der Waals surface area (Å²) in [6, 6.07) is 0. The SMILES string of the molecule is O[C@@H]1CCC[C@@]12CCCN(Cc1cnc[nH]1)C2. The highest BCUT2D eigenvalue weighted by Crippen LogP contribution is 2.45. The summed E-state index contributed by atoms with van der Waals surface area (Å²) in [5.41, 5.74) is 1.37. The van der Waals surface area contributed by atoms with Gasteiger partial charge in [-0.1, -0.05) is 6.42 Å². The van der Waals surface area contributed by atoms with Gasteiger partial charge in [-0.2, -0.15) is 0 Å². The van der Waals surface area contributed by atoms with Crippen molar-refractivity contribution in [2.45, 2.75) is 44.8 Å². The van der Waals surface area contributed by atoms with Crippen LogP contribution in [0, 0.1) is 5.41 Å². The molecule has 4 nitrogen and oxygen atoms in total. The minimum Gasteiger partial charge on any atom is -0.393 e. The monoisotopic (exact) mass is 235 g/mol. The molecule has 1 aromatic rings. The van der Waals surface area contributed by atoms with Crippen LogP contribution in [0.4, 0.5) is 0 Å². The van der Waals surface area contributed by atoms with Crippen molar-refractivity contribution in [1.82, 2.24) is 14.9 Å². The van der Waals surface area contributed by atoms with E-state index in [2.05, 4.69) is 14.9 Å². The van der Waals surface area contributed by atoms with Crippen LogP contribution in [0.25, 0.3) is 0 Å². The van der Waals surface area contributed by atoms with Crippen LogP contribution < -0.4 is 0 Å². The number of aliphatic hydroxyl groups is 1. The summed E-state index contributed by atoms with van der Waals surface area (Å²) in [7, 11) is 0. The molecule has 0 bridgehead atoms. The van der Waals surface area contributed by atoms with E-state index in [-0.39, 0.29) is 11.5 Å². The highest BCUT2D eigenvalue weighted by atomic mass is 16.3. The molecule has 1 aliphatic carbocycles. The third-order valence-corrected chi connectivity index (χ3v) is 4.50. The number of aromatic amines is 1. The van der Waals surface area contributed by atoms with Gasteiger partial charge >= 0.3 is 0 Å². The van der Waals surface area contributed by atoms with E-state index in [1.54, 1.807) is 6.33 Å². The summed E-state index contributed by atoms with van der Waals surface area (Å²) in [6.07, 6.45) is 9.36. The zero-order valence-electron chi connectivity index (χ0n) is 10.2. The predicted octanol–water partition coefficient (Wildman–Crippen LogP) is 1.54. The number of piperidine rings is 1. The Morgan fingerprint density at radius 3 is 3.06 bits per heavy atom. The minimum atomic E-state index is -0.0768. The highest BCUT2D eigenvalue weighted by molar-refractivity contribution is 5.00. The molecule has 2 fully saturated rings. The van der Waals surface area contributed by atoms with Gasteiger partial charge in [0, 0.05) is 30.4 Å². The minimum absolute atomic E-state index is 0.0768. The molecule has 1 aliphatic heterocycles. The van der Waals surface area contributed by atoms with Crippen molar-refractivity contribution in [3.05, 3.63) is 18.2 Å². The van der Waals surface area contributed by atoms with Gasteiger partial charge in [0.15, 0.2) is 0 Å². The van der Waals surface area contributed by atoms with Crippen LogP contribution in [0.3, 0.4) is 0 Å². The van der Waals surface area contributed by atoms with Crippen LogP contribution in [0.2, 0.25) is 0 Å². The summed E-state index contributed by atoms with van der Waals surface area (Å²) >= 11 is 0. The van der Waals surface area contributed by atoms with Crippen molar-refractivity contribution in [3.63, 3.8) is 0 Å². The molecule has 0 aromatic carbocycles. The van der Waals surface area contributed by atoms with E-state index < -0.39 is 0 Å². The van der Waals surface area contributed by atoms with Gasteiger partial charge in [-0.15, -0.1) is 0 Å². The Balaban J connectivity index is 1.67. The van der Waals surface area contributed by atoms with Gasteiger partial charge < -0.3 is 10.1 Å². The molecule has 0 unspecified atom stereocenters. The summed E-state index contributed by atoms with van der Waals surface area (Å²) in [5.74, 6) is 0. The Bertz CT molecular complexity index is 365. The molecule has 4 heteroatoms. The first kappa shape index (κ1) is 11.2. The fourth-order valence-electron chi connectivity index (χ4n) is 3.60. The summed E-state index contributed by atoms with van der Waals surface area (Å²) < 4.78 is 0. The molecule has 1 saturated carbocycles. The first-order valence-corrected chi connectivity index (χ1v) is 6.66. The third-order valence-electron chi connectivity index (χ3n) is 4.50. The first-order valence-electron chi connectivity index (χ1n) is 6.66. The van der Waals surface area contributed by atoms with E-state index in [0.717, 1.165) is 26.1 Å². The molecular formula is C13H21N3O. The topological polar surface area (TPSA) is 52.1 Å². The average molecular weight is 235 g/mol.